The molecule has 26 heavy (non-hydrogen) atoms. The van der Waals surface area contributed by atoms with Gasteiger partial charge in [-0.25, -0.2) is 4.98 Å². The van der Waals surface area contributed by atoms with E-state index >= 15 is 0 Å². The van der Waals surface area contributed by atoms with Crippen LogP contribution in [0.1, 0.15) is 5.56 Å². The third kappa shape index (κ3) is 4.18. The maximum absolute atomic E-state index is 12.1. The maximum Gasteiger partial charge on any atom is 0.262 e. The number of rotatable bonds is 5. The van der Waals surface area contributed by atoms with E-state index in [1.165, 1.54) is 0 Å². The molecule has 0 saturated heterocycles. The van der Waals surface area contributed by atoms with Crippen LogP contribution in [0.5, 0.6) is 11.6 Å². The number of nitrogens with zero attached hydrogens (tertiary/aromatic N) is 1. The van der Waals surface area contributed by atoms with Crippen molar-refractivity contribution < 1.29 is 14.3 Å². The van der Waals surface area contributed by atoms with E-state index in [0.717, 1.165) is 16.5 Å². The van der Waals surface area contributed by atoms with Crippen LogP contribution >= 0.6 is 23.2 Å². The Labute approximate surface area is 160 Å². The highest BCUT2D eigenvalue weighted by Crippen LogP contribution is 2.26. The molecule has 3 rings (SSSR count). The fraction of sp³-hybridized carbons (Fsp3) is 0.158. The van der Waals surface area contributed by atoms with E-state index in [9.17, 15) is 4.79 Å². The molecule has 0 saturated carbocycles. The normalized spacial score (nSPS) is 10.6. The van der Waals surface area contributed by atoms with E-state index in [-0.39, 0.29) is 12.5 Å². The molecular formula is C19H16Cl2N2O3. The summed E-state index contributed by atoms with van der Waals surface area (Å²) in [4.78, 5) is 16.5. The van der Waals surface area contributed by atoms with Crippen LogP contribution in [0.4, 0.5) is 5.69 Å². The zero-order chi connectivity index (χ0) is 18.7. The second-order valence-corrected chi connectivity index (χ2v) is 6.44. The average molecular weight is 391 g/mol. The Morgan fingerprint density at radius 3 is 2.65 bits per heavy atom. The summed E-state index contributed by atoms with van der Waals surface area (Å²) in [5.74, 6) is 0.750. The molecule has 1 amide bonds. The first-order chi connectivity index (χ1) is 12.5. The Morgan fingerprint density at radius 1 is 1.12 bits per heavy atom. The van der Waals surface area contributed by atoms with Gasteiger partial charge in [0.05, 0.1) is 22.7 Å². The number of amides is 1. The van der Waals surface area contributed by atoms with Gasteiger partial charge in [0.1, 0.15) is 5.75 Å². The molecule has 5 nitrogen and oxygen atoms in total. The van der Waals surface area contributed by atoms with Gasteiger partial charge in [-0.15, -0.1) is 0 Å². The van der Waals surface area contributed by atoms with E-state index in [4.69, 9.17) is 32.7 Å². The van der Waals surface area contributed by atoms with Crippen LogP contribution in [-0.2, 0) is 4.79 Å². The van der Waals surface area contributed by atoms with Crippen molar-refractivity contribution in [3.63, 3.8) is 0 Å². The van der Waals surface area contributed by atoms with E-state index in [0.29, 0.717) is 27.4 Å². The van der Waals surface area contributed by atoms with Crippen molar-refractivity contribution in [2.75, 3.05) is 19.0 Å². The quantitative estimate of drug-likeness (QED) is 0.674. The summed E-state index contributed by atoms with van der Waals surface area (Å²) in [6.45, 7) is 1.78. The zero-order valence-corrected chi connectivity index (χ0v) is 15.7. The number of fused-ring (bicyclic) bond motifs is 1. The number of ether oxygens (including phenoxy) is 2. The van der Waals surface area contributed by atoms with Gasteiger partial charge in [-0.05, 0) is 42.8 Å². The number of halogens is 2. The number of hydrogen-bond donors (Lipinski definition) is 1. The number of pyridine rings is 1. The highest BCUT2D eigenvalue weighted by atomic mass is 35.5. The molecule has 0 bridgehead atoms. The predicted molar refractivity (Wildman–Crippen MR) is 104 cm³/mol. The van der Waals surface area contributed by atoms with Gasteiger partial charge in [0.25, 0.3) is 5.91 Å². The lowest BCUT2D eigenvalue weighted by atomic mass is 10.1. The third-order valence-corrected chi connectivity index (χ3v) is 4.49. The SMILES string of the molecule is COc1ccc2c(C)cc(OCC(=O)Nc3ccc(Cl)c(Cl)c3)nc2c1. The minimum absolute atomic E-state index is 0.178. The van der Waals surface area contributed by atoms with Crippen LogP contribution in [-0.4, -0.2) is 24.6 Å². The lowest BCUT2D eigenvalue weighted by Gasteiger charge is -2.10. The monoisotopic (exact) mass is 390 g/mol. The molecule has 1 N–H and O–H groups in total. The first kappa shape index (κ1) is 18.3. The molecule has 3 aromatic rings. The van der Waals surface area contributed by atoms with Gasteiger partial charge in [0, 0.05) is 23.2 Å². The summed E-state index contributed by atoms with van der Waals surface area (Å²) in [6.07, 6.45) is 0. The summed E-state index contributed by atoms with van der Waals surface area (Å²) in [5.41, 5.74) is 2.28. The second kappa shape index (κ2) is 7.81. The summed E-state index contributed by atoms with van der Waals surface area (Å²) in [7, 11) is 1.60. The summed E-state index contributed by atoms with van der Waals surface area (Å²) >= 11 is 11.8. The summed E-state index contributed by atoms with van der Waals surface area (Å²) in [5, 5.41) is 4.48. The molecule has 0 fully saturated rings. The largest absolute Gasteiger partial charge is 0.497 e. The van der Waals surface area contributed by atoms with Gasteiger partial charge in [-0.1, -0.05) is 23.2 Å². The Balaban J connectivity index is 1.70. The van der Waals surface area contributed by atoms with Crippen molar-refractivity contribution in [2.45, 2.75) is 6.92 Å². The first-order valence-corrected chi connectivity index (χ1v) is 8.55. The highest BCUT2D eigenvalue weighted by molar-refractivity contribution is 6.42. The number of carbonyl (C=O) groups is 1. The molecule has 2 aromatic carbocycles. The third-order valence-electron chi connectivity index (χ3n) is 3.75. The molecule has 1 heterocycles. The molecule has 134 valence electrons. The Bertz CT molecular complexity index is 976. The van der Waals surface area contributed by atoms with Crippen LogP contribution in [0.25, 0.3) is 10.9 Å². The van der Waals surface area contributed by atoms with Crippen LogP contribution < -0.4 is 14.8 Å². The zero-order valence-electron chi connectivity index (χ0n) is 14.2. The van der Waals surface area contributed by atoms with E-state index in [1.54, 1.807) is 31.4 Å². The second-order valence-electron chi connectivity index (χ2n) is 5.63. The van der Waals surface area contributed by atoms with Gasteiger partial charge in [0.15, 0.2) is 6.61 Å². The van der Waals surface area contributed by atoms with Crippen molar-refractivity contribution in [3.05, 3.63) is 58.1 Å². The van der Waals surface area contributed by atoms with E-state index in [2.05, 4.69) is 10.3 Å². The number of carbonyl (C=O) groups excluding carboxylic acids is 1. The Morgan fingerprint density at radius 2 is 1.92 bits per heavy atom. The van der Waals surface area contributed by atoms with Gasteiger partial charge >= 0.3 is 0 Å². The molecule has 0 radical (unpaired) electrons. The predicted octanol–water partition coefficient (Wildman–Crippen LogP) is 4.88. The molecule has 1 aromatic heterocycles. The van der Waals surface area contributed by atoms with Crippen LogP contribution in [0.3, 0.4) is 0 Å². The molecular weight excluding hydrogens is 375 g/mol. The summed E-state index contributed by atoms with van der Waals surface area (Å²) < 4.78 is 10.8. The lowest BCUT2D eigenvalue weighted by Crippen LogP contribution is -2.20. The Hall–Kier alpha value is -2.50. The molecule has 0 aliphatic heterocycles. The van der Waals surface area contributed by atoms with Crippen LogP contribution in [0, 0.1) is 6.92 Å². The number of methoxy groups -OCH3 is 1. The lowest BCUT2D eigenvalue weighted by molar-refractivity contribution is -0.118. The van der Waals surface area contributed by atoms with Gasteiger partial charge in [-0.3, -0.25) is 4.79 Å². The van der Waals surface area contributed by atoms with Gasteiger partial charge < -0.3 is 14.8 Å². The fourth-order valence-electron chi connectivity index (χ4n) is 2.46. The van der Waals surface area contributed by atoms with Crippen molar-refractivity contribution >= 4 is 45.7 Å². The van der Waals surface area contributed by atoms with Crippen molar-refractivity contribution in [1.29, 1.82) is 0 Å². The Kier molecular flexibility index (Phi) is 5.49. The number of nitrogens with one attached hydrogen (secondary N) is 1. The number of benzene rings is 2. The number of aryl methyl sites for hydroxylation is 1. The molecule has 0 atom stereocenters. The molecule has 0 unspecified atom stereocenters. The topological polar surface area (TPSA) is 60.5 Å². The minimum Gasteiger partial charge on any atom is -0.497 e. The first-order valence-electron chi connectivity index (χ1n) is 7.79. The molecule has 0 spiro atoms. The van der Waals surface area contributed by atoms with Gasteiger partial charge in [0.2, 0.25) is 5.88 Å². The van der Waals surface area contributed by atoms with Crippen molar-refractivity contribution in [3.8, 4) is 11.6 Å². The smallest absolute Gasteiger partial charge is 0.262 e. The van der Waals surface area contributed by atoms with E-state index < -0.39 is 0 Å². The standard InChI is InChI=1S/C19H16Cl2N2O3/c1-11-7-19(23-17-9-13(25-2)4-5-14(11)17)26-10-18(24)22-12-3-6-15(20)16(21)8-12/h3-9H,10H2,1-2H3,(H,22,24). The van der Waals surface area contributed by atoms with E-state index in [1.807, 2.05) is 25.1 Å². The number of aromatic nitrogens is 1. The maximum atomic E-state index is 12.1. The van der Waals surface area contributed by atoms with Crippen molar-refractivity contribution in [1.82, 2.24) is 4.98 Å². The number of hydrogen-bond acceptors (Lipinski definition) is 4. The average Bonchev–Trinajstić information content (AvgIpc) is 2.62. The minimum atomic E-state index is -0.325. The van der Waals surface area contributed by atoms with Crippen LogP contribution in [0.15, 0.2) is 42.5 Å². The van der Waals surface area contributed by atoms with Crippen molar-refractivity contribution in [2.24, 2.45) is 0 Å². The molecule has 7 heteroatoms. The van der Waals surface area contributed by atoms with Crippen LogP contribution in [0.2, 0.25) is 10.0 Å². The highest BCUT2D eigenvalue weighted by Gasteiger charge is 2.09. The van der Waals surface area contributed by atoms with Gasteiger partial charge in [-0.2, -0.15) is 0 Å². The molecule has 0 aliphatic rings. The summed E-state index contributed by atoms with van der Waals surface area (Å²) in [6, 6.07) is 12.3. The molecule has 0 aliphatic carbocycles. The number of anilines is 1. The fourth-order valence-corrected chi connectivity index (χ4v) is 2.76.